The molecule has 0 spiro atoms. The fourth-order valence-corrected chi connectivity index (χ4v) is 1.94. The first-order valence-electron chi connectivity index (χ1n) is 5.90. The fraction of sp³-hybridized carbons (Fsp3) is 0.667. The number of allylic oxidation sites excluding steroid dienone is 1. The van der Waals surface area contributed by atoms with Gasteiger partial charge in [-0.05, 0) is 12.8 Å². The van der Waals surface area contributed by atoms with Crippen LogP contribution >= 0.6 is 0 Å². The van der Waals surface area contributed by atoms with Crippen LogP contribution in [-0.4, -0.2) is 53.0 Å². The normalized spacial score (nSPS) is 15.8. The van der Waals surface area contributed by atoms with Crippen molar-refractivity contribution in [3.05, 3.63) is 12.3 Å². The number of nitrogens with zero attached hydrogens (tertiary/aromatic N) is 2. The van der Waals surface area contributed by atoms with E-state index >= 15 is 0 Å². The highest BCUT2D eigenvalue weighted by molar-refractivity contribution is 5.73. The SMILES string of the molecule is C=C(CCCC(=O)O)N1CCN(C(C)=O)CC1. The molecule has 1 fully saturated rings. The molecular weight excluding hydrogens is 220 g/mol. The molecule has 1 aliphatic rings. The summed E-state index contributed by atoms with van der Waals surface area (Å²) in [5, 5.41) is 8.55. The largest absolute Gasteiger partial charge is 0.481 e. The molecule has 5 heteroatoms. The Morgan fingerprint density at radius 3 is 2.12 bits per heavy atom. The van der Waals surface area contributed by atoms with Crippen LogP contribution in [0.5, 0.6) is 0 Å². The van der Waals surface area contributed by atoms with Crippen LogP contribution in [0.4, 0.5) is 0 Å². The van der Waals surface area contributed by atoms with Crippen LogP contribution in [0.2, 0.25) is 0 Å². The van der Waals surface area contributed by atoms with Crippen molar-refractivity contribution in [1.29, 1.82) is 0 Å². The predicted molar refractivity (Wildman–Crippen MR) is 64.5 cm³/mol. The highest BCUT2D eigenvalue weighted by Gasteiger charge is 2.19. The van der Waals surface area contributed by atoms with Gasteiger partial charge in [0.15, 0.2) is 0 Å². The Kier molecular flexibility index (Phi) is 5.00. The second-order valence-electron chi connectivity index (χ2n) is 4.31. The quantitative estimate of drug-likeness (QED) is 0.776. The number of carbonyl (C=O) groups excluding carboxylic acids is 1. The lowest BCUT2D eigenvalue weighted by atomic mass is 10.1. The van der Waals surface area contributed by atoms with Crippen LogP contribution in [0.25, 0.3) is 0 Å². The van der Waals surface area contributed by atoms with Crippen molar-refractivity contribution in [2.24, 2.45) is 0 Å². The van der Waals surface area contributed by atoms with Crippen molar-refractivity contribution in [2.45, 2.75) is 26.2 Å². The predicted octanol–water partition coefficient (Wildman–Crippen LogP) is 0.919. The number of carbonyl (C=O) groups is 2. The minimum atomic E-state index is -0.765. The first kappa shape index (κ1) is 13.5. The second kappa shape index (κ2) is 6.27. The molecule has 0 radical (unpaired) electrons. The summed E-state index contributed by atoms with van der Waals surface area (Å²) in [4.78, 5) is 25.5. The number of carboxylic acid groups (broad SMARTS) is 1. The zero-order chi connectivity index (χ0) is 12.8. The van der Waals surface area contributed by atoms with E-state index in [1.165, 1.54) is 0 Å². The highest BCUT2D eigenvalue weighted by Crippen LogP contribution is 2.13. The second-order valence-corrected chi connectivity index (χ2v) is 4.31. The Morgan fingerprint density at radius 1 is 1.12 bits per heavy atom. The molecule has 0 aromatic rings. The van der Waals surface area contributed by atoms with Gasteiger partial charge in [-0.1, -0.05) is 6.58 Å². The molecular formula is C12H20N2O3. The fourth-order valence-electron chi connectivity index (χ4n) is 1.94. The summed E-state index contributed by atoms with van der Waals surface area (Å²) >= 11 is 0. The minimum absolute atomic E-state index is 0.112. The van der Waals surface area contributed by atoms with Gasteiger partial charge in [0.2, 0.25) is 5.91 Å². The lowest BCUT2D eigenvalue weighted by Crippen LogP contribution is -2.47. The van der Waals surface area contributed by atoms with Gasteiger partial charge in [0.1, 0.15) is 0 Å². The van der Waals surface area contributed by atoms with Crippen molar-refractivity contribution in [3.8, 4) is 0 Å². The van der Waals surface area contributed by atoms with E-state index in [-0.39, 0.29) is 12.3 Å². The summed E-state index contributed by atoms with van der Waals surface area (Å²) in [7, 11) is 0. The Hall–Kier alpha value is -1.52. The van der Waals surface area contributed by atoms with Gasteiger partial charge in [-0.3, -0.25) is 9.59 Å². The summed E-state index contributed by atoms with van der Waals surface area (Å²) in [6.07, 6.45) is 1.53. The summed E-state index contributed by atoms with van der Waals surface area (Å²) in [5.41, 5.74) is 0.981. The molecule has 17 heavy (non-hydrogen) atoms. The first-order chi connectivity index (χ1) is 8.00. The molecule has 0 atom stereocenters. The van der Waals surface area contributed by atoms with Gasteiger partial charge in [-0.2, -0.15) is 0 Å². The van der Waals surface area contributed by atoms with E-state index in [1.807, 2.05) is 4.90 Å². The minimum Gasteiger partial charge on any atom is -0.481 e. The summed E-state index contributed by atoms with van der Waals surface area (Å²) in [6, 6.07) is 0. The molecule has 0 aliphatic carbocycles. The van der Waals surface area contributed by atoms with Gasteiger partial charge in [0.05, 0.1) is 0 Å². The van der Waals surface area contributed by atoms with Crippen molar-refractivity contribution >= 4 is 11.9 Å². The van der Waals surface area contributed by atoms with Gasteiger partial charge in [-0.25, -0.2) is 0 Å². The van der Waals surface area contributed by atoms with Crippen LogP contribution < -0.4 is 0 Å². The number of piperazine rings is 1. The van der Waals surface area contributed by atoms with E-state index in [1.54, 1.807) is 6.92 Å². The standard InChI is InChI=1S/C12H20N2O3/c1-10(4-3-5-12(16)17)13-6-8-14(9-7-13)11(2)15/h1,3-9H2,2H3,(H,16,17). The van der Waals surface area contributed by atoms with Gasteiger partial charge in [0, 0.05) is 45.2 Å². The van der Waals surface area contributed by atoms with Gasteiger partial charge >= 0.3 is 5.97 Å². The molecule has 5 nitrogen and oxygen atoms in total. The molecule has 1 heterocycles. The smallest absolute Gasteiger partial charge is 0.303 e. The van der Waals surface area contributed by atoms with E-state index in [0.29, 0.717) is 12.8 Å². The van der Waals surface area contributed by atoms with Crippen LogP contribution in [0.1, 0.15) is 26.2 Å². The lowest BCUT2D eigenvalue weighted by Gasteiger charge is -2.36. The molecule has 0 aromatic carbocycles. The Labute approximate surface area is 102 Å². The maximum Gasteiger partial charge on any atom is 0.303 e. The summed E-state index contributed by atoms with van der Waals surface area (Å²) < 4.78 is 0. The van der Waals surface area contributed by atoms with Gasteiger partial charge < -0.3 is 14.9 Å². The van der Waals surface area contributed by atoms with E-state index in [4.69, 9.17) is 5.11 Å². The average Bonchev–Trinajstić information content (AvgIpc) is 2.28. The average molecular weight is 240 g/mol. The van der Waals surface area contributed by atoms with E-state index in [2.05, 4.69) is 11.5 Å². The van der Waals surface area contributed by atoms with Crippen molar-refractivity contribution < 1.29 is 14.7 Å². The number of hydrogen-bond donors (Lipinski definition) is 1. The molecule has 1 saturated heterocycles. The molecule has 96 valence electrons. The molecule has 1 aliphatic heterocycles. The topological polar surface area (TPSA) is 60.9 Å². The first-order valence-corrected chi connectivity index (χ1v) is 5.90. The number of hydrogen-bond acceptors (Lipinski definition) is 3. The van der Waals surface area contributed by atoms with Crippen molar-refractivity contribution in [1.82, 2.24) is 9.80 Å². The van der Waals surface area contributed by atoms with E-state index < -0.39 is 5.97 Å². The molecule has 0 aromatic heterocycles. The van der Waals surface area contributed by atoms with Crippen LogP contribution in [0.3, 0.4) is 0 Å². The maximum atomic E-state index is 11.1. The Morgan fingerprint density at radius 2 is 1.65 bits per heavy atom. The molecule has 1 rings (SSSR count). The van der Waals surface area contributed by atoms with E-state index in [9.17, 15) is 9.59 Å². The van der Waals surface area contributed by atoms with Crippen LogP contribution in [-0.2, 0) is 9.59 Å². The molecule has 1 amide bonds. The monoisotopic (exact) mass is 240 g/mol. The maximum absolute atomic E-state index is 11.1. The third kappa shape index (κ3) is 4.46. The van der Waals surface area contributed by atoms with Crippen LogP contribution in [0, 0.1) is 0 Å². The Balaban J connectivity index is 2.26. The zero-order valence-electron chi connectivity index (χ0n) is 10.3. The van der Waals surface area contributed by atoms with Gasteiger partial charge in [-0.15, -0.1) is 0 Å². The Bertz CT molecular complexity index is 307. The number of rotatable bonds is 5. The lowest BCUT2D eigenvalue weighted by molar-refractivity contribution is -0.137. The van der Waals surface area contributed by atoms with Crippen molar-refractivity contribution in [3.63, 3.8) is 0 Å². The summed E-state index contributed by atoms with van der Waals surface area (Å²) in [5.74, 6) is -0.652. The van der Waals surface area contributed by atoms with Crippen molar-refractivity contribution in [2.75, 3.05) is 26.2 Å². The van der Waals surface area contributed by atoms with Crippen LogP contribution in [0.15, 0.2) is 12.3 Å². The molecule has 1 N–H and O–H groups in total. The van der Waals surface area contributed by atoms with Gasteiger partial charge in [0.25, 0.3) is 0 Å². The van der Waals surface area contributed by atoms with E-state index in [0.717, 1.165) is 31.9 Å². The third-order valence-electron chi connectivity index (χ3n) is 3.03. The summed E-state index contributed by atoms with van der Waals surface area (Å²) in [6.45, 7) is 8.61. The zero-order valence-corrected chi connectivity index (χ0v) is 10.3. The third-order valence-corrected chi connectivity index (χ3v) is 3.03. The molecule has 0 unspecified atom stereocenters. The molecule has 0 bridgehead atoms. The molecule has 0 saturated carbocycles. The number of amides is 1. The number of aliphatic carboxylic acids is 1. The number of carboxylic acids is 1. The highest BCUT2D eigenvalue weighted by atomic mass is 16.4.